The van der Waals surface area contributed by atoms with E-state index >= 15 is 4.79 Å². The summed E-state index contributed by atoms with van der Waals surface area (Å²) in [6, 6.07) is 17.6. The molecule has 2 aromatic rings. The van der Waals surface area contributed by atoms with Crippen LogP contribution in [0.25, 0.3) is 6.08 Å². The summed E-state index contributed by atoms with van der Waals surface area (Å²) in [5.41, 5.74) is 0.882. The zero-order valence-corrected chi connectivity index (χ0v) is 24.6. The highest BCUT2D eigenvalue weighted by atomic mass is 16.5. The Balaban J connectivity index is 1.39. The number of rotatable bonds is 8. The molecule has 5 fully saturated rings. The third-order valence-electron chi connectivity index (χ3n) is 11.0. The van der Waals surface area contributed by atoms with Gasteiger partial charge >= 0.3 is 0 Å². The third kappa shape index (κ3) is 3.91. The van der Waals surface area contributed by atoms with E-state index in [1.54, 1.807) is 7.11 Å². The number of unbranched alkanes of at least 4 members (excludes halogenated alkanes) is 1. The molecule has 4 aliphatic carbocycles. The fraction of sp³-hybridized carbons (Fsp3) is 0.528. The molecule has 0 unspecified atom stereocenters. The minimum atomic E-state index is -1.46. The Morgan fingerprint density at radius 2 is 1.69 bits per heavy atom. The second-order valence-electron chi connectivity index (χ2n) is 13.5. The number of ether oxygens (including phenoxy) is 2. The highest BCUT2D eigenvalue weighted by molar-refractivity contribution is 5.97. The van der Waals surface area contributed by atoms with Crippen LogP contribution in [0.1, 0.15) is 75.3 Å². The minimum absolute atomic E-state index is 0.233. The largest absolute Gasteiger partial charge is 0.493 e. The van der Waals surface area contributed by atoms with E-state index in [-0.39, 0.29) is 11.2 Å². The number of benzene rings is 2. The number of anilines is 1. The Hall–Kier alpha value is -3.77. The van der Waals surface area contributed by atoms with Crippen molar-refractivity contribution in [1.82, 2.24) is 0 Å². The van der Waals surface area contributed by atoms with Crippen molar-refractivity contribution in [3.63, 3.8) is 0 Å². The third-order valence-corrected chi connectivity index (χ3v) is 11.0. The van der Waals surface area contributed by atoms with Crippen molar-refractivity contribution < 1.29 is 14.3 Å². The number of carbonyl (C=O) groups excluding carboxylic acids is 1. The van der Waals surface area contributed by atoms with Gasteiger partial charge in [-0.2, -0.15) is 10.5 Å². The molecule has 4 saturated carbocycles. The van der Waals surface area contributed by atoms with E-state index in [0.717, 1.165) is 48.9 Å². The van der Waals surface area contributed by atoms with E-state index in [9.17, 15) is 10.5 Å². The van der Waals surface area contributed by atoms with Gasteiger partial charge < -0.3 is 14.4 Å². The second kappa shape index (κ2) is 10.2. The van der Waals surface area contributed by atoms with Crippen molar-refractivity contribution in [3.8, 4) is 23.6 Å². The lowest BCUT2D eigenvalue weighted by Crippen LogP contribution is -2.56. The number of nitrogens with zero attached hydrogens (tertiary/aromatic N) is 3. The summed E-state index contributed by atoms with van der Waals surface area (Å²) in [6.07, 6.45) is 12.5. The van der Waals surface area contributed by atoms with Crippen LogP contribution in [0.3, 0.4) is 0 Å². The van der Waals surface area contributed by atoms with Gasteiger partial charge in [-0.25, -0.2) is 0 Å². The van der Waals surface area contributed by atoms with Gasteiger partial charge in [-0.05, 0) is 92.0 Å². The monoisotopic (exact) mass is 561 g/mol. The first-order valence-electron chi connectivity index (χ1n) is 15.7. The summed E-state index contributed by atoms with van der Waals surface area (Å²) in [4.78, 5) is 17.5. The normalized spacial score (nSPS) is 32.9. The molecule has 6 aliphatic rings. The average molecular weight is 562 g/mol. The minimum Gasteiger partial charge on any atom is -0.493 e. The first-order chi connectivity index (χ1) is 20.5. The summed E-state index contributed by atoms with van der Waals surface area (Å²) >= 11 is 0. The van der Waals surface area contributed by atoms with Crippen LogP contribution in [0.5, 0.6) is 11.5 Å². The molecule has 0 amide bonds. The number of hydrogen-bond acceptors (Lipinski definition) is 6. The van der Waals surface area contributed by atoms with Crippen LogP contribution in [0, 0.1) is 51.2 Å². The van der Waals surface area contributed by atoms with Crippen LogP contribution in [0.4, 0.5) is 5.69 Å². The molecule has 2 aliphatic heterocycles. The molecule has 6 nitrogen and oxygen atoms in total. The fourth-order valence-corrected chi connectivity index (χ4v) is 9.66. The number of methoxy groups -OCH3 is 1. The molecule has 0 radical (unpaired) electrons. The van der Waals surface area contributed by atoms with Gasteiger partial charge in [0.25, 0.3) is 0 Å². The van der Waals surface area contributed by atoms with Crippen molar-refractivity contribution in [3.05, 3.63) is 59.7 Å². The second-order valence-corrected chi connectivity index (χ2v) is 13.5. The Morgan fingerprint density at radius 3 is 2.33 bits per heavy atom. The topological polar surface area (TPSA) is 86.4 Å². The van der Waals surface area contributed by atoms with Crippen LogP contribution in [-0.4, -0.2) is 31.6 Å². The summed E-state index contributed by atoms with van der Waals surface area (Å²) in [6.45, 7) is 2.70. The maximum absolute atomic E-state index is 15.3. The number of Topliss-reactive ketones (excluding diaryl/α,β-unsaturated/α-hetero) is 1. The molecule has 2 aromatic carbocycles. The quantitative estimate of drug-likeness (QED) is 0.321. The number of hydrogen-bond donors (Lipinski definition) is 0. The van der Waals surface area contributed by atoms with E-state index in [2.05, 4.69) is 24.0 Å². The van der Waals surface area contributed by atoms with Crippen molar-refractivity contribution in [1.29, 1.82) is 10.5 Å². The van der Waals surface area contributed by atoms with E-state index in [1.807, 2.05) is 54.6 Å². The number of fused-ring (bicyclic) bond motifs is 3. The summed E-state index contributed by atoms with van der Waals surface area (Å²) in [5, 5.41) is 21.8. The van der Waals surface area contributed by atoms with Crippen LogP contribution < -0.4 is 14.4 Å². The lowest BCUT2D eigenvalue weighted by atomic mass is 9.47. The first kappa shape index (κ1) is 27.1. The van der Waals surface area contributed by atoms with E-state index in [0.29, 0.717) is 35.9 Å². The molecule has 2 heterocycles. The van der Waals surface area contributed by atoms with Gasteiger partial charge in [-0.15, -0.1) is 0 Å². The standard InChI is InChI=1S/C36H39N3O3/c1-3-4-13-42-29-11-9-27(17-30(29)41-2)32-33(34(40)35-18-23-14-24(19-35)16-25(15-23)20-35)39-28-8-6-5-7-26(28)10-12-31(39)36(32,21-37)22-38/h5-12,17,23-25,31-33H,3-4,13-16,18-20H2,1-2H3/t23?,24?,25?,31-,32+,33-,35?/m0/s1. The highest BCUT2D eigenvalue weighted by Crippen LogP contribution is 2.64. The molecule has 8 rings (SSSR count). The zero-order valence-electron chi connectivity index (χ0n) is 24.6. The molecular weight excluding hydrogens is 522 g/mol. The molecule has 4 bridgehead atoms. The molecule has 0 N–H and O–H groups in total. The molecule has 0 aromatic heterocycles. The Kier molecular flexibility index (Phi) is 6.58. The lowest BCUT2D eigenvalue weighted by molar-refractivity contribution is -0.145. The van der Waals surface area contributed by atoms with Crippen LogP contribution in [-0.2, 0) is 4.79 Å². The number of ketones is 1. The van der Waals surface area contributed by atoms with E-state index in [1.165, 1.54) is 19.3 Å². The van der Waals surface area contributed by atoms with Crippen molar-refractivity contribution in [2.45, 2.75) is 76.3 Å². The molecule has 0 spiro atoms. The predicted octanol–water partition coefficient (Wildman–Crippen LogP) is 7.06. The number of para-hydroxylation sites is 1. The molecule has 42 heavy (non-hydrogen) atoms. The van der Waals surface area contributed by atoms with Crippen LogP contribution in [0.2, 0.25) is 0 Å². The van der Waals surface area contributed by atoms with E-state index in [4.69, 9.17) is 9.47 Å². The summed E-state index contributed by atoms with van der Waals surface area (Å²) in [5.74, 6) is 2.63. The predicted molar refractivity (Wildman–Crippen MR) is 161 cm³/mol. The smallest absolute Gasteiger partial charge is 0.176 e. The number of carbonyl (C=O) groups is 1. The van der Waals surface area contributed by atoms with Gasteiger partial charge in [0, 0.05) is 17.0 Å². The van der Waals surface area contributed by atoms with Gasteiger partial charge in [-0.1, -0.05) is 49.8 Å². The van der Waals surface area contributed by atoms with Gasteiger partial charge in [0.1, 0.15) is 0 Å². The van der Waals surface area contributed by atoms with Crippen molar-refractivity contribution in [2.75, 3.05) is 18.6 Å². The van der Waals surface area contributed by atoms with Gasteiger partial charge in [0.2, 0.25) is 0 Å². The Bertz CT molecular complexity index is 1460. The molecule has 216 valence electrons. The molecule has 3 atom stereocenters. The zero-order chi connectivity index (χ0) is 29.1. The Morgan fingerprint density at radius 1 is 1.00 bits per heavy atom. The number of nitriles is 2. The van der Waals surface area contributed by atoms with Gasteiger partial charge in [-0.3, -0.25) is 4.79 Å². The molecule has 1 saturated heterocycles. The van der Waals surface area contributed by atoms with Crippen molar-refractivity contribution in [2.24, 2.45) is 28.6 Å². The van der Waals surface area contributed by atoms with Crippen LogP contribution >= 0.6 is 0 Å². The lowest BCUT2D eigenvalue weighted by Gasteiger charge is -2.57. The molecule has 6 heteroatoms. The van der Waals surface area contributed by atoms with Crippen molar-refractivity contribution >= 4 is 17.5 Å². The van der Waals surface area contributed by atoms with Gasteiger partial charge in [0.15, 0.2) is 22.7 Å². The SMILES string of the molecule is CCCCOc1ccc([C@@H]2[C@@H](C(=O)C34CC5CC(CC(C5)C3)C4)N3c4ccccc4C=C[C@H]3C2(C#N)C#N)cc1OC. The average Bonchev–Trinajstić information content (AvgIpc) is 3.31. The maximum atomic E-state index is 15.3. The maximum Gasteiger partial charge on any atom is 0.176 e. The molecular formula is C36H39N3O3. The summed E-state index contributed by atoms with van der Waals surface area (Å²) < 4.78 is 11.8. The van der Waals surface area contributed by atoms with Crippen LogP contribution in [0.15, 0.2) is 48.5 Å². The highest BCUT2D eigenvalue weighted by Gasteiger charge is 2.67. The fourth-order valence-electron chi connectivity index (χ4n) is 9.66. The van der Waals surface area contributed by atoms with E-state index < -0.39 is 23.4 Å². The summed E-state index contributed by atoms with van der Waals surface area (Å²) in [7, 11) is 1.61. The van der Waals surface area contributed by atoms with Gasteiger partial charge in [0.05, 0.1) is 37.9 Å². The first-order valence-corrected chi connectivity index (χ1v) is 15.7. The Labute approximate surface area is 248 Å².